The van der Waals surface area contributed by atoms with Crippen LogP contribution in [0.3, 0.4) is 0 Å². The fourth-order valence-corrected chi connectivity index (χ4v) is 1.76. The maximum absolute atomic E-state index is 10.8. The molecule has 7 heteroatoms. The van der Waals surface area contributed by atoms with Crippen molar-refractivity contribution >= 4 is 34.1 Å². The van der Waals surface area contributed by atoms with Gasteiger partial charge in [0.1, 0.15) is 11.2 Å². The van der Waals surface area contributed by atoms with Crippen LogP contribution in [0.4, 0.5) is 11.4 Å². The Morgan fingerprint density at radius 3 is 2.93 bits per heavy atom. The standard InChI is InChI=1S/C7H6N4O2S/c1-8-5-3-2-4-6(10-14-9-4)7(5)11(12)13/h2-3,8H,1H3. The van der Waals surface area contributed by atoms with Crippen molar-refractivity contribution in [1.82, 2.24) is 8.75 Å². The number of nitrogens with one attached hydrogen (secondary N) is 1. The first-order valence-electron chi connectivity index (χ1n) is 3.81. The van der Waals surface area contributed by atoms with Crippen LogP contribution in [-0.4, -0.2) is 20.7 Å². The molecule has 0 bridgehead atoms. The summed E-state index contributed by atoms with van der Waals surface area (Å²) >= 11 is 0.971. The Kier molecular flexibility index (Phi) is 2.01. The summed E-state index contributed by atoms with van der Waals surface area (Å²) in [6.07, 6.45) is 0. The van der Waals surface area contributed by atoms with E-state index in [1.165, 1.54) is 0 Å². The van der Waals surface area contributed by atoms with Gasteiger partial charge in [-0.1, -0.05) is 0 Å². The fourth-order valence-electron chi connectivity index (χ4n) is 1.22. The van der Waals surface area contributed by atoms with Gasteiger partial charge >= 0.3 is 5.69 Å². The first-order chi connectivity index (χ1) is 6.74. The molecule has 0 aliphatic heterocycles. The quantitative estimate of drug-likeness (QED) is 0.602. The smallest absolute Gasteiger partial charge is 0.321 e. The topological polar surface area (TPSA) is 81.0 Å². The molecule has 0 unspecified atom stereocenters. The zero-order chi connectivity index (χ0) is 10.1. The number of aromatic nitrogens is 2. The van der Waals surface area contributed by atoms with Crippen LogP contribution >= 0.6 is 11.7 Å². The van der Waals surface area contributed by atoms with E-state index in [4.69, 9.17) is 0 Å². The van der Waals surface area contributed by atoms with Crippen molar-refractivity contribution in [1.29, 1.82) is 0 Å². The predicted octanol–water partition coefficient (Wildman–Crippen LogP) is 1.64. The summed E-state index contributed by atoms with van der Waals surface area (Å²) in [6.45, 7) is 0. The highest BCUT2D eigenvalue weighted by Crippen LogP contribution is 2.31. The zero-order valence-electron chi connectivity index (χ0n) is 7.22. The summed E-state index contributed by atoms with van der Waals surface area (Å²) in [5.74, 6) is 0. The lowest BCUT2D eigenvalue weighted by atomic mass is 10.2. The van der Waals surface area contributed by atoms with Crippen LogP contribution in [0.5, 0.6) is 0 Å². The van der Waals surface area contributed by atoms with Crippen molar-refractivity contribution in [3.8, 4) is 0 Å². The molecule has 1 aromatic heterocycles. The molecule has 72 valence electrons. The first-order valence-corrected chi connectivity index (χ1v) is 4.54. The number of anilines is 1. The van der Waals surface area contributed by atoms with Gasteiger partial charge in [0.25, 0.3) is 0 Å². The molecular weight excluding hydrogens is 204 g/mol. The molecular formula is C7H6N4O2S. The number of nitro benzene ring substituents is 1. The maximum atomic E-state index is 10.8. The Morgan fingerprint density at radius 2 is 2.29 bits per heavy atom. The molecule has 6 nitrogen and oxygen atoms in total. The van der Waals surface area contributed by atoms with Crippen molar-refractivity contribution < 1.29 is 4.92 Å². The Balaban J connectivity index is 2.82. The molecule has 14 heavy (non-hydrogen) atoms. The largest absolute Gasteiger partial charge is 0.382 e. The van der Waals surface area contributed by atoms with Gasteiger partial charge in [0, 0.05) is 7.05 Å². The minimum atomic E-state index is -0.449. The molecule has 2 rings (SSSR count). The van der Waals surface area contributed by atoms with E-state index in [9.17, 15) is 10.1 Å². The second-order valence-corrected chi connectivity index (χ2v) is 3.13. The van der Waals surface area contributed by atoms with Gasteiger partial charge in [0.15, 0.2) is 5.52 Å². The lowest BCUT2D eigenvalue weighted by molar-refractivity contribution is -0.382. The van der Waals surface area contributed by atoms with Gasteiger partial charge in [-0.05, 0) is 12.1 Å². The summed E-state index contributed by atoms with van der Waals surface area (Å²) in [5.41, 5.74) is 1.33. The normalized spacial score (nSPS) is 10.4. The molecule has 1 N–H and O–H groups in total. The van der Waals surface area contributed by atoms with Crippen molar-refractivity contribution in [2.75, 3.05) is 12.4 Å². The van der Waals surface area contributed by atoms with E-state index in [-0.39, 0.29) is 5.69 Å². The molecule has 1 heterocycles. The Bertz CT molecular complexity index is 495. The zero-order valence-corrected chi connectivity index (χ0v) is 8.04. The molecule has 0 saturated carbocycles. The Hall–Kier alpha value is -1.76. The monoisotopic (exact) mass is 210 g/mol. The van der Waals surface area contributed by atoms with Gasteiger partial charge in [-0.25, -0.2) is 0 Å². The fraction of sp³-hybridized carbons (Fsp3) is 0.143. The number of benzene rings is 1. The molecule has 0 aliphatic rings. The van der Waals surface area contributed by atoms with Crippen molar-refractivity contribution in [2.24, 2.45) is 0 Å². The minimum Gasteiger partial charge on any atom is -0.382 e. The molecule has 0 saturated heterocycles. The van der Waals surface area contributed by atoms with Crippen LogP contribution in [0.25, 0.3) is 11.0 Å². The van der Waals surface area contributed by atoms with Crippen LogP contribution < -0.4 is 5.32 Å². The number of hydrogen-bond donors (Lipinski definition) is 1. The van der Waals surface area contributed by atoms with Crippen LogP contribution in [0.15, 0.2) is 12.1 Å². The number of rotatable bonds is 2. The van der Waals surface area contributed by atoms with Crippen LogP contribution in [0.1, 0.15) is 0 Å². The number of nitrogens with zero attached hydrogens (tertiary/aromatic N) is 3. The molecule has 0 atom stereocenters. The van der Waals surface area contributed by atoms with Crippen molar-refractivity contribution in [3.05, 3.63) is 22.2 Å². The Morgan fingerprint density at radius 1 is 1.50 bits per heavy atom. The van der Waals surface area contributed by atoms with Gasteiger partial charge < -0.3 is 5.32 Å². The van der Waals surface area contributed by atoms with E-state index >= 15 is 0 Å². The molecule has 0 fully saturated rings. The summed E-state index contributed by atoms with van der Waals surface area (Å²) in [7, 11) is 1.63. The van der Waals surface area contributed by atoms with Gasteiger partial charge in [-0.15, -0.1) is 0 Å². The molecule has 0 spiro atoms. The van der Waals surface area contributed by atoms with Gasteiger partial charge in [0.2, 0.25) is 0 Å². The lowest BCUT2D eigenvalue weighted by Gasteiger charge is -2.00. The highest BCUT2D eigenvalue weighted by Gasteiger charge is 2.20. The molecule has 0 amide bonds. The first kappa shape index (κ1) is 8.82. The molecule has 0 aliphatic carbocycles. The highest BCUT2D eigenvalue weighted by atomic mass is 32.1. The number of hydrogen-bond acceptors (Lipinski definition) is 6. The second kappa shape index (κ2) is 3.18. The van der Waals surface area contributed by atoms with Crippen molar-refractivity contribution in [3.63, 3.8) is 0 Å². The summed E-state index contributed by atoms with van der Waals surface area (Å²) in [4.78, 5) is 10.3. The average molecular weight is 210 g/mol. The number of fused-ring (bicyclic) bond motifs is 1. The van der Waals surface area contributed by atoms with E-state index in [2.05, 4.69) is 14.1 Å². The lowest BCUT2D eigenvalue weighted by Crippen LogP contribution is -1.97. The predicted molar refractivity (Wildman–Crippen MR) is 53.6 cm³/mol. The third kappa shape index (κ3) is 1.18. The van der Waals surface area contributed by atoms with Crippen molar-refractivity contribution in [2.45, 2.75) is 0 Å². The molecule has 2 aromatic rings. The van der Waals surface area contributed by atoms with E-state index in [1.54, 1.807) is 19.2 Å². The van der Waals surface area contributed by atoms with Gasteiger partial charge in [-0.2, -0.15) is 8.75 Å². The SMILES string of the molecule is CNc1ccc2nsnc2c1[N+](=O)[O-]. The highest BCUT2D eigenvalue weighted by molar-refractivity contribution is 7.00. The summed E-state index contributed by atoms with van der Waals surface area (Å²) in [5, 5.41) is 13.5. The van der Waals surface area contributed by atoms with E-state index in [0.29, 0.717) is 16.7 Å². The van der Waals surface area contributed by atoms with E-state index in [1.807, 2.05) is 0 Å². The third-order valence-corrected chi connectivity index (χ3v) is 2.40. The molecule has 0 radical (unpaired) electrons. The maximum Gasteiger partial charge on any atom is 0.321 e. The van der Waals surface area contributed by atoms with Gasteiger partial charge in [-0.3, -0.25) is 10.1 Å². The van der Waals surface area contributed by atoms with E-state index < -0.39 is 4.92 Å². The average Bonchev–Trinajstić information content (AvgIpc) is 2.62. The minimum absolute atomic E-state index is 0.0150. The van der Waals surface area contributed by atoms with E-state index in [0.717, 1.165) is 11.7 Å². The number of nitro groups is 1. The third-order valence-electron chi connectivity index (χ3n) is 1.85. The summed E-state index contributed by atoms with van der Waals surface area (Å²) in [6, 6.07) is 3.33. The second-order valence-electron chi connectivity index (χ2n) is 2.60. The van der Waals surface area contributed by atoms with Crippen LogP contribution in [0.2, 0.25) is 0 Å². The van der Waals surface area contributed by atoms with Gasteiger partial charge in [0.05, 0.1) is 16.7 Å². The Labute approximate surface area is 83.0 Å². The summed E-state index contributed by atoms with van der Waals surface area (Å²) < 4.78 is 7.83. The molecule has 1 aromatic carbocycles. The van der Waals surface area contributed by atoms with Crippen LogP contribution in [-0.2, 0) is 0 Å². The van der Waals surface area contributed by atoms with Crippen LogP contribution in [0, 0.1) is 10.1 Å².